The summed E-state index contributed by atoms with van der Waals surface area (Å²) in [7, 11) is 0. The molecule has 0 saturated carbocycles. The maximum absolute atomic E-state index is 3.52. The van der Waals surface area contributed by atoms with E-state index in [1.807, 2.05) is 19.9 Å². The van der Waals surface area contributed by atoms with Crippen LogP contribution in [0, 0.1) is 13.0 Å². The van der Waals surface area contributed by atoms with E-state index < -0.39 is 0 Å². The van der Waals surface area contributed by atoms with Gasteiger partial charge >= 0.3 is 19.5 Å². The van der Waals surface area contributed by atoms with E-state index in [-0.39, 0.29) is 19.5 Å². The Kier molecular flexibility index (Phi) is 11.5. The molecule has 0 unspecified atom stereocenters. The van der Waals surface area contributed by atoms with E-state index >= 15 is 0 Å². The molecule has 0 saturated heterocycles. The second kappa shape index (κ2) is 9.80. The smallest absolute Gasteiger partial charge is 0.270 e. The zero-order valence-electron chi connectivity index (χ0n) is 8.71. The molecule has 74 valence electrons. The number of rotatable bonds is 1. The molecule has 13 heavy (non-hydrogen) atoms. The number of hydrogen-bond donors (Lipinski definition) is 0. The normalized spacial score (nSPS) is 12.1. The van der Waals surface area contributed by atoms with Crippen molar-refractivity contribution < 1.29 is 19.5 Å². The van der Waals surface area contributed by atoms with Crippen molar-refractivity contribution in [1.82, 2.24) is 0 Å². The summed E-state index contributed by atoms with van der Waals surface area (Å²) < 4.78 is 0. The molecule has 0 atom stereocenters. The van der Waals surface area contributed by atoms with E-state index in [4.69, 9.17) is 0 Å². The molecule has 1 aliphatic rings. The molecule has 0 amide bonds. The van der Waals surface area contributed by atoms with Gasteiger partial charge in [-0.2, -0.15) is 6.08 Å². The van der Waals surface area contributed by atoms with Crippen LogP contribution in [0.1, 0.15) is 33.6 Å². The first-order valence-corrected chi connectivity index (χ1v) is 4.39. The minimum Gasteiger partial charge on any atom is -0.270 e. The average molecular weight is 263 g/mol. The molecule has 0 aromatic heterocycles. The van der Waals surface area contributed by atoms with Gasteiger partial charge in [0.15, 0.2) is 0 Å². The third-order valence-corrected chi connectivity index (χ3v) is 1.56. The minimum absolute atomic E-state index is 0. The molecule has 0 spiro atoms. The molecular formula is C12H18Ru. The van der Waals surface area contributed by atoms with Gasteiger partial charge in [-0.25, -0.2) is 30.2 Å². The number of hydrogen-bond acceptors (Lipinski definition) is 0. The Morgan fingerprint density at radius 3 is 2.31 bits per heavy atom. The summed E-state index contributed by atoms with van der Waals surface area (Å²) >= 11 is 0. The van der Waals surface area contributed by atoms with Crippen molar-refractivity contribution in [1.29, 1.82) is 0 Å². The monoisotopic (exact) mass is 264 g/mol. The van der Waals surface area contributed by atoms with Gasteiger partial charge in [0.25, 0.3) is 0 Å². The van der Waals surface area contributed by atoms with Crippen molar-refractivity contribution >= 4 is 0 Å². The van der Waals surface area contributed by atoms with Gasteiger partial charge in [-0.05, 0) is 0 Å². The molecule has 0 aromatic carbocycles. The Hall–Kier alpha value is -0.287. The third-order valence-electron chi connectivity index (χ3n) is 1.56. The molecule has 0 bridgehead atoms. The van der Waals surface area contributed by atoms with E-state index in [2.05, 4.69) is 32.1 Å². The molecule has 0 radical (unpaired) electrons. The van der Waals surface area contributed by atoms with Crippen molar-refractivity contribution in [3.63, 3.8) is 0 Å². The van der Waals surface area contributed by atoms with Crippen LogP contribution >= 0.6 is 0 Å². The zero-order chi connectivity index (χ0) is 9.40. The zero-order valence-corrected chi connectivity index (χ0v) is 10.4. The summed E-state index contributed by atoms with van der Waals surface area (Å²) in [6, 6.07) is 0. The predicted molar refractivity (Wildman–Crippen MR) is 55.6 cm³/mol. The van der Waals surface area contributed by atoms with Gasteiger partial charge in [0.1, 0.15) is 0 Å². The van der Waals surface area contributed by atoms with E-state index in [1.165, 1.54) is 11.1 Å². The van der Waals surface area contributed by atoms with Crippen molar-refractivity contribution in [3.05, 3.63) is 42.4 Å². The summed E-state index contributed by atoms with van der Waals surface area (Å²) in [5.41, 5.74) is 2.63. The summed E-state index contributed by atoms with van der Waals surface area (Å²) in [5, 5.41) is 0. The van der Waals surface area contributed by atoms with E-state index in [0.29, 0.717) is 0 Å². The Balaban J connectivity index is 0. The first kappa shape index (κ1) is 15.2. The maximum Gasteiger partial charge on any atom is 2.00 e. The van der Waals surface area contributed by atoms with Crippen LogP contribution in [0.15, 0.2) is 29.4 Å². The first-order valence-electron chi connectivity index (χ1n) is 4.39. The Morgan fingerprint density at radius 1 is 1.62 bits per heavy atom. The van der Waals surface area contributed by atoms with Crippen LogP contribution in [0.3, 0.4) is 0 Å². The first-order chi connectivity index (χ1) is 5.70. The molecule has 1 heteroatoms. The quantitative estimate of drug-likeness (QED) is 0.497. The topological polar surface area (TPSA) is 0 Å². The van der Waals surface area contributed by atoms with E-state index in [9.17, 15) is 0 Å². The van der Waals surface area contributed by atoms with Crippen LogP contribution in [-0.4, -0.2) is 0 Å². The summed E-state index contributed by atoms with van der Waals surface area (Å²) in [4.78, 5) is 0. The number of allylic oxidation sites excluding steroid dienone is 6. The van der Waals surface area contributed by atoms with Crippen LogP contribution in [0.25, 0.3) is 0 Å². The van der Waals surface area contributed by atoms with Crippen LogP contribution in [-0.2, 0) is 19.5 Å². The van der Waals surface area contributed by atoms with Crippen molar-refractivity contribution in [2.24, 2.45) is 0 Å². The van der Waals surface area contributed by atoms with Crippen molar-refractivity contribution in [3.8, 4) is 0 Å². The van der Waals surface area contributed by atoms with Crippen LogP contribution in [0.2, 0.25) is 0 Å². The second-order valence-corrected chi connectivity index (χ2v) is 2.94. The van der Waals surface area contributed by atoms with Gasteiger partial charge < -0.3 is 0 Å². The Labute approximate surface area is 95.6 Å². The molecule has 0 fully saturated rings. The largest absolute Gasteiger partial charge is 2.00 e. The average Bonchev–Trinajstić information content (AvgIpc) is 2.57. The van der Waals surface area contributed by atoms with Crippen LogP contribution in [0.5, 0.6) is 0 Å². The van der Waals surface area contributed by atoms with Crippen LogP contribution < -0.4 is 0 Å². The van der Waals surface area contributed by atoms with Gasteiger partial charge in [0.05, 0.1) is 0 Å². The second-order valence-electron chi connectivity index (χ2n) is 2.94. The molecule has 0 heterocycles. The Bertz CT molecular complexity index is 193. The van der Waals surface area contributed by atoms with Gasteiger partial charge in [0, 0.05) is 0 Å². The van der Waals surface area contributed by atoms with Crippen LogP contribution in [0.4, 0.5) is 0 Å². The van der Waals surface area contributed by atoms with Crippen molar-refractivity contribution in [2.45, 2.75) is 33.6 Å². The molecule has 0 N–H and O–H groups in total. The standard InChI is InChI=1S/C7H9.C5H9.Ru/c1-2-7-5-3-4-6-7;1-4-5(2)3;/h3,5H,2,4H2,1H3;4H,1H2,2-3H3;/q2*-1;+2. The van der Waals surface area contributed by atoms with E-state index in [1.54, 1.807) is 0 Å². The van der Waals surface area contributed by atoms with Gasteiger partial charge in [-0.3, -0.25) is 6.08 Å². The van der Waals surface area contributed by atoms with Gasteiger partial charge in [-0.1, -0.05) is 13.3 Å². The summed E-state index contributed by atoms with van der Waals surface area (Å²) in [6.07, 6.45) is 11.5. The molecular weight excluding hydrogens is 245 g/mol. The summed E-state index contributed by atoms with van der Waals surface area (Å²) in [5.74, 6) is 0. The predicted octanol–water partition coefficient (Wildman–Crippen LogP) is 3.87. The fourth-order valence-corrected chi connectivity index (χ4v) is 0.693. The molecule has 1 aliphatic carbocycles. The van der Waals surface area contributed by atoms with Crippen molar-refractivity contribution in [2.75, 3.05) is 0 Å². The molecule has 0 aromatic rings. The fourth-order valence-electron chi connectivity index (χ4n) is 0.693. The maximum atomic E-state index is 3.52. The third kappa shape index (κ3) is 9.63. The van der Waals surface area contributed by atoms with Gasteiger partial charge in [-0.15, -0.1) is 20.3 Å². The molecule has 1 rings (SSSR count). The van der Waals surface area contributed by atoms with Gasteiger partial charge in [0.2, 0.25) is 0 Å². The fraction of sp³-hybridized carbons (Fsp3) is 0.417. The minimum atomic E-state index is 0. The Morgan fingerprint density at radius 2 is 2.15 bits per heavy atom. The molecule has 0 aliphatic heterocycles. The SMILES string of the molecule is CCC1=[C-]CC=C1.[CH2-]C=C(C)C.[Ru+2]. The van der Waals surface area contributed by atoms with E-state index in [0.717, 1.165) is 12.8 Å². The summed E-state index contributed by atoms with van der Waals surface area (Å²) in [6.45, 7) is 9.72. The molecule has 0 nitrogen and oxygen atoms in total.